The van der Waals surface area contributed by atoms with E-state index in [0.717, 1.165) is 20.1 Å². The van der Waals surface area contributed by atoms with Crippen LogP contribution in [0.15, 0.2) is 28.1 Å². The second-order valence-electron chi connectivity index (χ2n) is 2.95. The number of hydrogen-bond donors (Lipinski definition) is 1. The van der Waals surface area contributed by atoms with Gasteiger partial charge in [0.25, 0.3) is 0 Å². The van der Waals surface area contributed by atoms with E-state index in [1.165, 1.54) is 0 Å². The van der Waals surface area contributed by atoms with Crippen molar-refractivity contribution in [3.8, 4) is 10.6 Å². The van der Waals surface area contributed by atoms with Crippen molar-refractivity contribution in [2.75, 3.05) is 0 Å². The van der Waals surface area contributed by atoms with Gasteiger partial charge in [-0.1, -0.05) is 23.7 Å². The third kappa shape index (κ3) is 2.39. The van der Waals surface area contributed by atoms with Crippen LogP contribution in [0.5, 0.6) is 0 Å². The molecule has 0 aliphatic heterocycles. The molecule has 2 N–H and O–H groups in total. The molecule has 1 aromatic carbocycles. The van der Waals surface area contributed by atoms with Crippen molar-refractivity contribution in [1.29, 1.82) is 0 Å². The van der Waals surface area contributed by atoms with Crippen molar-refractivity contribution in [1.82, 2.24) is 4.98 Å². The average Bonchev–Trinajstić information content (AvgIpc) is 2.60. The summed E-state index contributed by atoms with van der Waals surface area (Å²) in [6.07, 6.45) is 0. The molecule has 0 amide bonds. The number of hydrogen-bond acceptors (Lipinski definition) is 3. The van der Waals surface area contributed by atoms with Crippen LogP contribution < -0.4 is 5.73 Å². The normalized spacial score (nSPS) is 10.6. The molecule has 0 saturated heterocycles. The lowest BCUT2D eigenvalue weighted by molar-refractivity contribution is 1.01. The molecule has 0 radical (unpaired) electrons. The number of nitrogens with two attached hydrogens (primary N) is 1. The molecule has 0 atom stereocenters. The van der Waals surface area contributed by atoms with Gasteiger partial charge in [0.05, 0.1) is 9.48 Å². The Bertz CT molecular complexity index is 484. The summed E-state index contributed by atoms with van der Waals surface area (Å²) < 4.78 is 0.986. The Labute approximate surface area is 105 Å². The Morgan fingerprint density at radius 3 is 2.87 bits per heavy atom. The van der Waals surface area contributed by atoms with E-state index in [4.69, 9.17) is 17.3 Å². The van der Waals surface area contributed by atoms with Gasteiger partial charge >= 0.3 is 0 Å². The molecule has 0 spiro atoms. The summed E-state index contributed by atoms with van der Waals surface area (Å²) in [5.41, 5.74) is 7.47. The second-order valence-corrected chi connectivity index (χ2v) is 5.71. The minimum absolute atomic E-state index is 0.442. The quantitative estimate of drug-likeness (QED) is 0.919. The van der Waals surface area contributed by atoms with Crippen molar-refractivity contribution in [3.63, 3.8) is 0 Å². The number of nitrogens with zero attached hydrogens (tertiary/aromatic N) is 1. The van der Waals surface area contributed by atoms with Crippen molar-refractivity contribution >= 4 is 38.9 Å². The topological polar surface area (TPSA) is 38.9 Å². The van der Waals surface area contributed by atoms with Gasteiger partial charge in [0.2, 0.25) is 0 Å². The minimum atomic E-state index is 0.442. The van der Waals surface area contributed by atoms with Gasteiger partial charge in [-0.15, -0.1) is 11.3 Å². The highest BCUT2D eigenvalue weighted by atomic mass is 79.9. The van der Waals surface area contributed by atoms with E-state index in [9.17, 15) is 0 Å². The standard InChI is InChI=1S/C10H8BrClN2S/c11-9-8(5-13)14-10(15-9)6-2-1-3-7(12)4-6/h1-4H,5,13H2. The molecule has 2 rings (SSSR count). The van der Waals surface area contributed by atoms with Gasteiger partial charge in [-0.05, 0) is 28.1 Å². The van der Waals surface area contributed by atoms with Crippen LogP contribution in [0.1, 0.15) is 5.69 Å². The molecular formula is C10H8BrClN2S. The lowest BCUT2D eigenvalue weighted by Gasteiger charge is -1.95. The van der Waals surface area contributed by atoms with Gasteiger partial charge in [0, 0.05) is 17.1 Å². The first-order chi connectivity index (χ1) is 7.20. The maximum Gasteiger partial charge on any atom is 0.124 e. The number of rotatable bonds is 2. The van der Waals surface area contributed by atoms with Crippen molar-refractivity contribution < 1.29 is 0 Å². The zero-order chi connectivity index (χ0) is 10.8. The number of halogens is 2. The Morgan fingerprint density at radius 2 is 2.27 bits per heavy atom. The first-order valence-corrected chi connectivity index (χ1v) is 6.30. The summed E-state index contributed by atoms with van der Waals surface area (Å²) in [6, 6.07) is 7.64. The fourth-order valence-electron chi connectivity index (χ4n) is 1.20. The van der Waals surface area contributed by atoms with E-state index >= 15 is 0 Å². The molecule has 0 bridgehead atoms. The van der Waals surface area contributed by atoms with E-state index in [2.05, 4.69) is 20.9 Å². The Morgan fingerprint density at radius 1 is 1.47 bits per heavy atom. The summed E-state index contributed by atoms with van der Waals surface area (Å²) in [7, 11) is 0. The molecule has 2 aromatic rings. The van der Waals surface area contributed by atoms with Crippen molar-refractivity contribution in [3.05, 3.63) is 38.8 Å². The first-order valence-electron chi connectivity index (χ1n) is 4.32. The van der Waals surface area contributed by atoms with E-state index in [1.807, 2.05) is 24.3 Å². The van der Waals surface area contributed by atoms with E-state index in [-0.39, 0.29) is 0 Å². The lowest BCUT2D eigenvalue weighted by Crippen LogP contribution is -1.96. The molecule has 15 heavy (non-hydrogen) atoms. The number of aromatic nitrogens is 1. The van der Waals surface area contributed by atoms with Gasteiger partial charge in [0.15, 0.2) is 0 Å². The molecule has 0 fully saturated rings. The maximum absolute atomic E-state index is 5.92. The van der Waals surface area contributed by atoms with Gasteiger partial charge < -0.3 is 5.73 Å². The van der Waals surface area contributed by atoms with Gasteiger partial charge in [-0.2, -0.15) is 0 Å². The largest absolute Gasteiger partial charge is 0.325 e. The fraction of sp³-hybridized carbons (Fsp3) is 0.100. The lowest BCUT2D eigenvalue weighted by atomic mass is 10.2. The molecule has 5 heteroatoms. The first kappa shape index (κ1) is 11.1. The Hall–Kier alpha value is -0.420. The highest BCUT2D eigenvalue weighted by Crippen LogP contribution is 2.32. The highest BCUT2D eigenvalue weighted by molar-refractivity contribution is 9.11. The highest BCUT2D eigenvalue weighted by Gasteiger charge is 2.09. The number of thiazole rings is 1. The fourth-order valence-corrected chi connectivity index (χ4v) is 2.92. The van der Waals surface area contributed by atoms with Gasteiger partial charge in [-0.25, -0.2) is 4.98 Å². The zero-order valence-corrected chi connectivity index (χ0v) is 10.9. The molecule has 0 aliphatic carbocycles. The molecular weight excluding hydrogens is 296 g/mol. The third-order valence-corrected chi connectivity index (χ3v) is 4.03. The third-order valence-electron chi connectivity index (χ3n) is 1.91. The van der Waals surface area contributed by atoms with Crippen LogP contribution in [0.3, 0.4) is 0 Å². The molecule has 1 aromatic heterocycles. The Kier molecular flexibility index (Phi) is 3.41. The smallest absolute Gasteiger partial charge is 0.124 e. The van der Waals surface area contributed by atoms with Crippen LogP contribution >= 0.6 is 38.9 Å². The molecule has 0 unspecified atom stereocenters. The Balaban J connectivity index is 2.45. The van der Waals surface area contributed by atoms with Crippen molar-refractivity contribution in [2.45, 2.75) is 6.54 Å². The SMILES string of the molecule is NCc1nc(-c2cccc(Cl)c2)sc1Br. The average molecular weight is 304 g/mol. The molecule has 0 aliphatic rings. The van der Waals surface area contributed by atoms with Crippen LogP contribution in [0.4, 0.5) is 0 Å². The van der Waals surface area contributed by atoms with E-state index in [0.29, 0.717) is 11.6 Å². The van der Waals surface area contributed by atoms with Crippen molar-refractivity contribution in [2.24, 2.45) is 5.73 Å². The second kappa shape index (κ2) is 4.61. The molecule has 0 saturated carbocycles. The van der Waals surface area contributed by atoms with Gasteiger partial charge in [-0.3, -0.25) is 0 Å². The predicted molar refractivity (Wildman–Crippen MR) is 68.2 cm³/mol. The predicted octanol–water partition coefficient (Wildman–Crippen LogP) is 3.68. The van der Waals surface area contributed by atoms with Crippen LogP contribution in [-0.4, -0.2) is 4.98 Å². The van der Waals surface area contributed by atoms with Crippen LogP contribution in [0.25, 0.3) is 10.6 Å². The van der Waals surface area contributed by atoms with E-state index in [1.54, 1.807) is 11.3 Å². The van der Waals surface area contributed by atoms with Crippen LogP contribution in [-0.2, 0) is 6.54 Å². The molecule has 2 nitrogen and oxygen atoms in total. The number of benzene rings is 1. The summed E-state index contributed by atoms with van der Waals surface area (Å²) in [6.45, 7) is 0.442. The summed E-state index contributed by atoms with van der Waals surface area (Å²) in [5.74, 6) is 0. The van der Waals surface area contributed by atoms with Gasteiger partial charge in [0.1, 0.15) is 5.01 Å². The molecule has 78 valence electrons. The maximum atomic E-state index is 5.92. The monoisotopic (exact) mass is 302 g/mol. The summed E-state index contributed by atoms with van der Waals surface area (Å²) in [5, 5.41) is 1.65. The van der Waals surface area contributed by atoms with Crippen LogP contribution in [0, 0.1) is 0 Å². The summed E-state index contributed by atoms with van der Waals surface area (Å²) in [4.78, 5) is 4.43. The zero-order valence-electron chi connectivity index (χ0n) is 7.71. The van der Waals surface area contributed by atoms with Crippen LogP contribution in [0.2, 0.25) is 5.02 Å². The van der Waals surface area contributed by atoms with E-state index < -0.39 is 0 Å². The summed E-state index contributed by atoms with van der Waals surface area (Å²) >= 11 is 10.9. The minimum Gasteiger partial charge on any atom is -0.325 e. The molecule has 1 heterocycles.